The lowest BCUT2D eigenvalue weighted by Crippen LogP contribution is -2.13. The number of hydrogen-bond donors (Lipinski definition) is 2. The van der Waals surface area contributed by atoms with Gasteiger partial charge in [0.05, 0.1) is 12.5 Å². The van der Waals surface area contributed by atoms with Gasteiger partial charge in [-0.3, -0.25) is 9.59 Å². The van der Waals surface area contributed by atoms with Crippen molar-refractivity contribution in [1.82, 2.24) is 0 Å². The van der Waals surface area contributed by atoms with Crippen LogP contribution in [0.2, 0.25) is 0 Å². The molecule has 1 amide bonds. The number of benzene rings is 2. The Morgan fingerprint density at radius 1 is 1.04 bits per heavy atom. The molecule has 0 fully saturated rings. The van der Waals surface area contributed by atoms with E-state index in [-0.39, 0.29) is 5.91 Å². The van der Waals surface area contributed by atoms with Crippen LogP contribution in [0.25, 0.3) is 0 Å². The monoisotopic (exact) mass is 327 g/mol. The molecule has 0 aromatic heterocycles. The number of hydrogen-bond acceptors (Lipinski definition) is 3. The fourth-order valence-electron chi connectivity index (χ4n) is 2.29. The standard InChI is InChI=1S/C19H21NO4/c1-13(19(22)23)11-14-5-9-17(10-6-14)20-18(21)16-7-3-15(4-8-16)12-24-2/h3-10,13H,11-12H2,1-2H3,(H,20,21)(H,22,23). The fourth-order valence-corrected chi connectivity index (χ4v) is 2.29. The molecule has 0 aliphatic carbocycles. The summed E-state index contributed by atoms with van der Waals surface area (Å²) in [6.45, 7) is 2.18. The van der Waals surface area contributed by atoms with Crippen molar-refractivity contribution >= 4 is 17.6 Å². The highest BCUT2D eigenvalue weighted by molar-refractivity contribution is 6.04. The molecule has 0 radical (unpaired) electrons. The molecule has 2 N–H and O–H groups in total. The predicted octanol–water partition coefficient (Wildman–Crippen LogP) is 3.35. The molecule has 0 bridgehead atoms. The van der Waals surface area contributed by atoms with Gasteiger partial charge in [0, 0.05) is 18.4 Å². The van der Waals surface area contributed by atoms with Gasteiger partial charge in [0.15, 0.2) is 0 Å². The average molecular weight is 327 g/mol. The number of carbonyl (C=O) groups excluding carboxylic acids is 1. The lowest BCUT2D eigenvalue weighted by molar-refractivity contribution is -0.141. The van der Waals surface area contributed by atoms with E-state index in [1.54, 1.807) is 38.3 Å². The SMILES string of the molecule is COCc1ccc(C(=O)Nc2ccc(CC(C)C(=O)O)cc2)cc1. The third kappa shape index (κ3) is 4.93. The van der Waals surface area contributed by atoms with E-state index in [1.807, 2.05) is 24.3 Å². The van der Waals surface area contributed by atoms with Crippen molar-refractivity contribution in [1.29, 1.82) is 0 Å². The van der Waals surface area contributed by atoms with Crippen LogP contribution in [0.3, 0.4) is 0 Å². The van der Waals surface area contributed by atoms with E-state index >= 15 is 0 Å². The summed E-state index contributed by atoms with van der Waals surface area (Å²) in [4.78, 5) is 23.1. The van der Waals surface area contributed by atoms with Crippen LogP contribution in [0.15, 0.2) is 48.5 Å². The summed E-state index contributed by atoms with van der Waals surface area (Å²) >= 11 is 0. The Bertz CT molecular complexity index is 692. The molecule has 1 atom stereocenters. The number of ether oxygens (including phenoxy) is 1. The second kappa shape index (κ2) is 8.26. The number of methoxy groups -OCH3 is 1. The van der Waals surface area contributed by atoms with Crippen molar-refractivity contribution in [3.05, 3.63) is 65.2 Å². The van der Waals surface area contributed by atoms with Crippen molar-refractivity contribution in [3.63, 3.8) is 0 Å². The number of nitrogens with one attached hydrogen (secondary N) is 1. The quantitative estimate of drug-likeness (QED) is 0.818. The third-order valence-electron chi connectivity index (χ3n) is 3.70. The highest BCUT2D eigenvalue weighted by Gasteiger charge is 2.11. The van der Waals surface area contributed by atoms with Crippen molar-refractivity contribution < 1.29 is 19.4 Å². The molecule has 0 aliphatic heterocycles. The van der Waals surface area contributed by atoms with E-state index in [0.29, 0.717) is 24.3 Å². The van der Waals surface area contributed by atoms with Crippen LogP contribution >= 0.6 is 0 Å². The maximum atomic E-state index is 12.2. The summed E-state index contributed by atoms with van der Waals surface area (Å²) in [5, 5.41) is 11.8. The van der Waals surface area contributed by atoms with Crippen molar-refractivity contribution in [2.75, 3.05) is 12.4 Å². The van der Waals surface area contributed by atoms with Gasteiger partial charge in [0.2, 0.25) is 0 Å². The molecule has 0 saturated carbocycles. The summed E-state index contributed by atoms with van der Waals surface area (Å²) in [6.07, 6.45) is 0.463. The van der Waals surface area contributed by atoms with E-state index in [0.717, 1.165) is 11.1 Å². The maximum absolute atomic E-state index is 12.2. The van der Waals surface area contributed by atoms with Crippen LogP contribution in [0.1, 0.15) is 28.4 Å². The van der Waals surface area contributed by atoms with Gasteiger partial charge >= 0.3 is 5.97 Å². The molecular weight excluding hydrogens is 306 g/mol. The minimum atomic E-state index is -0.815. The molecule has 5 nitrogen and oxygen atoms in total. The molecule has 0 spiro atoms. The average Bonchev–Trinajstić information content (AvgIpc) is 2.57. The summed E-state index contributed by atoms with van der Waals surface area (Å²) in [5.41, 5.74) is 3.17. The Labute approximate surface area is 141 Å². The predicted molar refractivity (Wildman–Crippen MR) is 92.1 cm³/mol. The zero-order chi connectivity index (χ0) is 17.5. The number of anilines is 1. The van der Waals surface area contributed by atoms with Crippen molar-refractivity contribution in [2.45, 2.75) is 20.0 Å². The van der Waals surface area contributed by atoms with Gasteiger partial charge in [0.1, 0.15) is 0 Å². The fraction of sp³-hybridized carbons (Fsp3) is 0.263. The molecule has 5 heteroatoms. The number of carboxylic acids is 1. The molecule has 0 heterocycles. The second-order valence-corrected chi connectivity index (χ2v) is 5.72. The molecule has 2 aromatic carbocycles. The van der Waals surface area contributed by atoms with Crippen LogP contribution < -0.4 is 5.32 Å². The van der Waals surface area contributed by atoms with Crippen LogP contribution in [0.5, 0.6) is 0 Å². The largest absolute Gasteiger partial charge is 0.481 e. The molecule has 0 saturated heterocycles. The maximum Gasteiger partial charge on any atom is 0.306 e. The first-order valence-electron chi connectivity index (χ1n) is 7.70. The van der Waals surface area contributed by atoms with Gasteiger partial charge in [-0.05, 0) is 41.8 Å². The number of carboxylic acid groups (broad SMARTS) is 1. The minimum absolute atomic E-state index is 0.189. The van der Waals surface area contributed by atoms with E-state index in [2.05, 4.69) is 5.32 Å². The molecule has 0 aliphatic rings. The van der Waals surface area contributed by atoms with E-state index < -0.39 is 11.9 Å². The van der Waals surface area contributed by atoms with Gasteiger partial charge in [-0.2, -0.15) is 0 Å². The number of carbonyl (C=O) groups is 2. The lowest BCUT2D eigenvalue weighted by Gasteiger charge is -2.09. The van der Waals surface area contributed by atoms with Gasteiger partial charge in [-0.15, -0.1) is 0 Å². The highest BCUT2D eigenvalue weighted by Crippen LogP contribution is 2.15. The van der Waals surface area contributed by atoms with Gasteiger partial charge < -0.3 is 15.2 Å². The first kappa shape index (κ1) is 17.7. The molecule has 24 heavy (non-hydrogen) atoms. The molecular formula is C19H21NO4. The first-order chi connectivity index (χ1) is 11.5. The van der Waals surface area contributed by atoms with Gasteiger partial charge in [0.25, 0.3) is 5.91 Å². The van der Waals surface area contributed by atoms with Gasteiger partial charge in [-0.25, -0.2) is 0 Å². The third-order valence-corrected chi connectivity index (χ3v) is 3.70. The van der Waals surface area contributed by atoms with E-state index in [1.165, 1.54) is 0 Å². The molecule has 2 aromatic rings. The van der Waals surface area contributed by atoms with E-state index in [9.17, 15) is 9.59 Å². The highest BCUT2D eigenvalue weighted by atomic mass is 16.5. The zero-order valence-electron chi connectivity index (χ0n) is 13.8. The number of rotatable bonds is 7. The second-order valence-electron chi connectivity index (χ2n) is 5.72. The Morgan fingerprint density at radius 3 is 2.17 bits per heavy atom. The number of aliphatic carboxylic acids is 1. The van der Waals surface area contributed by atoms with Crippen LogP contribution in [-0.4, -0.2) is 24.1 Å². The Balaban J connectivity index is 1.97. The van der Waals surface area contributed by atoms with Crippen LogP contribution in [0.4, 0.5) is 5.69 Å². The lowest BCUT2D eigenvalue weighted by atomic mass is 10.0. The number of amides is 1. The summed E-state index contributed by atoms with van der Waals surface area (Å²) in [6, 6.07) is 14.4. The Morgan fingerprint density at radius 2 is 1.62 bits per heavy atom. The summed E-state index contributed by atoms with van der Waals surface area (Å²) < 4.78 is 5.04. The van der Waals surface area contributed by atoms with Crippen LogP contribution in [0, 0.1) is 5.92 Å². The molecule has 1 unspecified atom stereocenters. The first-order valence-corrected chi connectivity index (χ1v) is 7.70. The summed E-state index contributed by atoms with van der Waals surface area (Å²) in [7, 11) is 1.63. The Kier molecular flexibility index (Phi) is 6.09. The molecule has 126 valence electrons. The summed E-state index contributed by atoms with van der Waals surface area (Å²) in [5.74, 6) is -1.44. The molecule has 2 rings (SSSR count). The Hall–Kier alpha value is -2.66. The van der Waals surface area contributed by atoms with Crippen molar-refractivity contribution in [2.24, 2.45) is 5.92 Å². The van der Waals surface area contributed by atoms with Gasteiger partial charge in [-0.1, -0.05) is 31.2 Å². The van der Waals surface area contributed by atoms with E-state index in [4.69, 9.17) is 9.84 Å². The van der Waals surface area contributed by atoms with Crippen molar-refractivity contribution in [3.8, 4) is 0 Å². The minimum Gasteiger partial charge on any atom is -0.481 e. The zero-order valence-corrected chi connectivity index (χ0v) is 13.8. The smallest absolute Gasteiger partial charge is 0.306 e. The topological polar surface area (TPSA) is 75.6 Å². The van der Waals surface area contributed by atoms with Crippen LogP contribution in [-0.2, 0) is 22.6 Å². The normalized spacial score (nSPS) is 11.8.